The molecule has 0 radical (unpaired) electrons. The van der Waals surface area contributed by atoms with Crippen molar-refractivity contribution in [3.63, 3.8) is 0 Å². The Morgan fingerprint density at radius 1 is 1.08 bits per heavy atom. The van der Waals surface area contributed by atoms with Crippen LogP contribution < -0.4 is 0 Å². The van der Waals surface area contributed by atoms with E-state index in [1.165, 1.54) is 25.7 Å². The maximum Gasteiger partial charge on any atom is 0.0766 e. The van der Waals surface area contributed by atoms with E-state index in [1.54, 1.807) is 0 Å². The van der Waals surface area contributed by atoms with Crippen LogP contribution in [0.25, 0.3) is 0 Å². The minimum absolute atomic E-state index is 0.449. The van der Waals surface area contributed by atoms with Crippen molar-refractivity contribution in [2.45, 2.75) is 37.9 Å². The molecule has 0 saturated carbocycles. The second-order valence-corrected chi connectivity index (χ2v) is 4.45. The quantitative estimate of drug-likeness (QED) is 0.558. The van der Waals surface area contributed by atoms with Gasteiger partial charge in [0.05, 0.1) is 12.2 Å². The summed E-state index contributed by atoms with van der Waals surface area (Å²) in [5, 5.41) is 0. The molecule has 13 heavy (non-hydrogen) atoms. The molecule has 4 atom stereocenters. The third kappa shape index (κ3) is 1.26. The van der Waals surface area contributed by atoms with Crippen molar-refractivity contribution in [1.29, 1.82) is 0 Å². The van der Waals surface area contributed by atoms with E-state index in [0.717, 1.165) is 5.92 Å². The van der Waals surface area contributed by atoms with Crippen molar-refractivity contribution in [3.8, 4) is 0 Å². The van der Waals surface area contributed by atoms with Crippen LogP contribution in [-0.2, 0) is 4.74 Å². The Morgan fingerprint density at radius 2 is 2.08 bits per heavy atom. The van der Waals surface area contributed by atoms with Gasteiger partial charge in [-0.05, 0) is 25.7 Å². The maximum absolute atomic E-state index is 5.96. The third-order valence-electron chi connectivity index (χ3n) is 3.54. The Balaban J connectivity index is 1.75. The molecule has 1 nitrogen and oxygen atoms in total. The summed E-state index contributed by atoms with van der Waals surface area (Å²) >= 11 is 0. The number of hydrogen-bond donors (Lipinski definition) is 0. The lowest BCUT2D eigenvalue weighted by Crippen LogP contribution is -2.27. The van der Waals surface area contributed by atoms with Crippen LogP contribution in [0, 0.1) is 11.8 Å². The Kier molecular flexibility index (Phi) is 1.79. The van der Waals surface area contributed by atoms with Gasteiger partial charge in [0.1, 0.15) is 0 Å². The Bertz CT molecular complexity index is 254. The highest BCUT2D eigenvalue weighted by atomic mass is 16.5. The smallest absolute Gasteiger partial charge is 0.0766 e. The monoisotopic (exact) mass is 176 g/mol. The summed E-state index contributed by atoms with van der Waals surface area (Å²) in [6.07, 6.45) is 15.4. The number of allylic oxidation sites excluding steroid dienone is 1. The van der Waals surface area contributed by atoms with Crippen molar-refractivity contribution in [2.24, 2.45) is 11.8 Å². The summed E-state index contributed by atoms with van der Waals surface area (Å²) in [6, 6.07) is 0. The first-order valence-corrected chi connectivity index (χ1v) is 5.44. The lowest BCUT2D eigenvalue weighted by Gasteiger charge is -2.27. The molecule has 0 spiro atoms. The summed E-state index contributed by atoms with van der Waals surface area (Å²) in [4.78, 5) is 0. The highest BCUT2D eigenvalue weighted by Crippen LogP contribution is 2.40. The van der Waals surface area contributed by atoms with Crippen LogP contribution in [0.4, 0.5) is 0 Å². The first-order valence-electron chi connectivity index (χ1n) is 5.44. The topological polar surface area (TPSA) is 9.23 Å². The summed E-state index contributed by atoms with van der Waals surface area (Å²) < 4.78 is 5.96. The largest absolute Gasteiger partial charge is 0.370 e. The van der Waals surface area contributed by atoms with Crippen molar-refractivity contribution in [1.82, 2.24) is 0 Å². The SMILES string of the molecule is C1=CC(C2OC3C=CC2C3)CCC1. The summed E-state index contributed by atoms with van der Waals surface area (Å²) in [6.45, 7) is 0. The van der Waals surface area contributed by atoms with Crippen molar-refractivity contribution < 1.29 is 4.74 Å². The number of ether oxygens (including phenoxy) is 1. The van der Waals surface area contributed by atoms with Gasteiger partial charge in [0, 0.05) is 11.8 Å². The second-order valence-electron chi connectivity index (χ2n) is 4.45. The van der Waals surface area contributed by atoms with Gasteiger partial charge in [-0.2, -0.15) is 0 Å². The number of rotatable bonds is 1. The number of hydrogen-bond acceptors (Lipinski definition) is 1. The molecule has 1 heterocycles. The number of fused-ring (bicyclic) bond motifs is 2. The van der Waals surface area contributed by atoms with E-state index in [2.05, 4.69) is 24.3 Å². The van der Waals surface area contributed by atoms with Crippen molar-refractivity contribution >= 4 is 0 Å². The molecule has 1 saturated heterocycles. The molecule has 0 aromatic heterocycles. The minimum atomic E-state index is 0.449. The summed E-state index contributed by atoms with van der Waals surface area (Å²) in [7, 11) is 0. The Morgan fingerprint density at radius 3 is 2.69 bits per heavy atom. The van der Waals surface area contributed by atoms with E-state index < -0.39 is 0 Å². The molecular formula is C12H16O. The van der Waals surface area contributed by atoms with Crippen LogP contribution >= 0.6 is 0 Å². The van der Waals surface area contributed by atoms with E-state index in [9.17, 15) is 0 Å². The molecule has 1 aliphatic heterocycles. The fourth-order valence-corrected chi connectivity index (χ4v) is 2.87. The minimum Gasteiger partial charge on any atom is -0.370 e. The predicted molar refractivity (Wildman–Crippen MR) is 52.4 cm³/mol. The lowest BCUT2D eigenvalue weighted by atomic mass is 9.85. The predicted octanol–water partition coefficient (Wildman–Crippen LogP) is 2.69. The van der Waals surface area contributed by atoms with Gasteiger partial charge in [0.15, 0.2) is 0 Å². The van der Waals surface area contributed by atoms with Crippen LogP contribution in [0.3, 0.4) is 0 Å². The van der Waals surface area contributed by atoms with Gasteiger partial charge in [-0.25, -0.2) is 0 Å². The lowest BCUT2D eigenvalue weighted by molar-refractivity contribution is 0.0242. The molecule has 0 aromatic rings. The van der Waals surface area contributed by atoms with E-state index in [0.29, 0.717) is 18.1 Å². The fourth-order valence-electron chi connectivity index (χ4n) is 2.87. The molecule has 2 aliphatic carbocycles. The normalized spacial score (nSPS) is 47.4. The van der Waals surface area contributed by atoms with Crippen LogP contribution in [-0.4, -0.2) is 12.2 Å². The average Bonchev–Trinajstić information content (AvgIpc) is 2.80. The highest BCUT2D eigenvalue weighted by Gasteiger charge is 2.40. The molecule has 1 heteroatoms. The van der Waals surface area contributed by atoms with E-state index in [-0.39, 0.29) is 0 Å². The molecule has 0 aromatic carbocycles. The van der Waals surface area contributed by atoms with Gasteiger partial charge in [0.2, 0.25) is 0 Å². The average molecular weight is 176 g/mol. The first-order chi connectivity index (χ1) is 6.43. The zero-order valence-corrected chi connectivity index (χ0v) is 7.86. The van der Waals surface area contributed by atoms with Crippen LogP contribution in [0.1, 0.15) is 25.7 Å². The van der Waals surface area contributed by atoms with E-state index in [1.807, 2.05) is 0 Å². The summed E-state index contributed by atoms with van der Waals surface area (Å²) in [5.41, 5.74) is 0. The third-order valence-corrected chi connectivity index (χ3v) is 3.54. The van der Waals surface area contributed by atoms with Gasteiger partial charge in [-0.1, -0.05) is 24.3 Å². The molecule has 0 amide bonds. The van der Waals surface area contributed by atoms with Crippen LogP contribution in [0.2, 0.25) is 0 Å². The maximum atomic E-state index is 5.96. The summed E-state index contributed by atoms with van der Waals surface area (Å²) in [5.74, 6) is 1.42. The van der Waals surface area contributed by atoms with Crippen molar-refractivity contribution in [2.75, 3.05) is 0 Å². The van der Waals surface area contributed by atoms with E-state index >= 15 is 0 Å². The zero-order valence-electron chi connectivity index (χ0n) is 7.86. The molecule has 1 fully saturated rings. The van der Waals surface area contributed by atoms with Gasteiger partial charge < -0.3 is 4.74 Å². The van der Waals surface area contributed by atoms with Crippen LogP contribution in [0.15, 0.2) is 24.3 Å². The molecule has 4 unspecified atom stereocenters. The zero-order chi connectivity index (χ0) is 8.67. The Hall–Kier alpha value is -0.560. The highest BCUT2D eigenvalue weighted by molar-refractivity contribution is 5.14. The van der Waals surface area contributed by atoms with Gasteiger partial charge >= 0.3 is 0 Å². The first kappa shape index (κ1) is 7.81. The van der Waals surface area contributed by atoms with Crippen LogP contribution in [0.5, 0.6) is 0 Å². The van der Waals surface area contributed by atoms with Crippen molar-refractivity contribution in [3.05, 3.63) is 24.3 Å². The molecular weight excluding hydrogens is 160 g/mol. The molecule has 3 aliphatic rings. The van der Waals surface area contributed by atoms with Gasteiger partial charge in [0.25, 0.3) is 0 Å². The molecule has 3 rings (SSSR count). The molecule has 70 valence electrons. The fraction of sp³-hybridized carbons (Fsp3) is 0.667. The molecule has 2 bridgehead atoms. The van der Waals surface area contributed by atoms with E-state index in [4.69, 9.17) is 4.74 Å². The van der Waals surface area contributed by atoms with Gasteiger partial charge in [-0.3, -0.25) is 0 Å². The Labute approximate surface area is 79.5 Å². The standard InChI is InChI=1S/C12H16O/c1-2-4-9(5-3-1)12-10-6-7-11(8-10)13-12/h2,4,6-7,9-12H,1,3,5,8H2. The second kappa shape index (κ2) is 2.98. The van der Waals surface area contributed by atoms with Gasteiger partial charge in [-0.15, -0.1) is 0 Å². The molecule has 0 N–H and O–H groups in total.